The van der Waals surface area contributed by atoms with Crippen molar-refractivity contribution < 1.29 is 0 Å². The average Bonchev–Trinajstić information content (AvgIpc) is 0.733. The van der Waals surface area contributed by atoms with E-state index in [0.717, 1.165) is 14.1 Å². The van der Waals surface area contributed by atoms with Crippen molar-refractivity contribution in [2.24, 2.45) is 0 Å². The summed E-state index contributed by atoms with van der Waals surface area (Å²) in [6.45, 7) is 0.452. The van der Waals surface area contributed by atoms with E-state index in [1.807, 2.05) is 0 Å². The third-order valence-corrected chi connectivity index (χ3v) is 20.2. The summed E-state index contributed by atoms with van der Waals surface area (Å²) in [7, 11) is 306. The molecule has 0 spiro atoms. The van der Waals surface area contributed by atoms with E-state index in [0.29, 0.717) is 0 Å². The monoisotopic (exact) mass is 1020 g/mol. The van der Waals surface area contributed by atoms with Crippen LogP contribution in [0.1, 0.15) is 0 Å². The van der Waals surface area contributed by atoms with E-state index in [-0.39, 0.29) is 0 Å². The Kier molecular flexibility index (Phi) is 48.4. The fourth-order valence-corrected chi connectivity index (χ4v) is 16.8. The molecule has 0 aliphatic rings. The molecule has 0 unspecified atom stereocenters. The van der Waals surface area contributed by atoms with E-state index in [2.05, 4.69) is 0 Å². The highest BCUT2D eigenvalue weighted by Crippen LogP contribution is 2.27. The van der Waals surface area contributed by atoms with Gasteiger partial charge in [-0.25, -0.2) is 0 Å². The molecule has 90 heteroatoms. The molecule has 0 amide bonds. The zero-order valence-corrected chi connectivity index (χ0v) is 54.0. The molecule has 0 N–H and O–H groups in total. The molecule has 0 aliphatic carbocycles. The van der Waals surface area contributed by atoms with Gasteiger partial charge in [-0.1, -0.05) is 0 Å². The molecule has 0 saturated carbocycles. The Morgan fingerprint density at radius 1 is 0.152 bits per heavy atom. The van der Waals surface area contributed by atoms with Gasteiger partial charge in [-0.05, 0) is 0 Å². The standard InChI is InChI=1S/C2H6B90/c1-49(75(86(71(45)47-3)77(53(9)10)54(11)12)90(80(59(21)22)60(23)24)81(61(25)26)62(27)28)74(89(87(72(46)51(5)6)78(55(13)14)56(15)16)92(84(67(37)38)68(39)40)85(69(41)42)70(43)44)50(2)76(88(73(48-4)52(7)8)79(57(17)18)58(19)20)91(82(63(29)30)64(31)32)83(65(33)34)66(35)36/h1-2H3. The summed E-state index contributed by atoms with van der Waals surface area (Å²) in [5.41, 5.74) is 0. The summed E-state index contributed by atoms with van der Waals surface area (Å²) >= 11 is 0. The molecule has 0 aliphatic heterocycles. The van der Waals surface area contributed by atoms with Crippen LogP contribution in [-0.4, -0.2) is 636 Å². The molecule has 0 aromatic carbocycles. The lowest BCUT2D eigenvalue weighted by atomic mass is 8.24. The van der Waals surface area contributed by atoms with Crippen LogP contribution < -0.4 is 0 Å². The van der Waals surface area contributed by atoms with E-state index in [1.54, 1.807) is 13.6 Å². The van der Waals surface area contributed by atoms with E-state index in [1.165, 1.54) is 0 Å². The second-order valence-corrected chi connectivity index (χ2v) is 26.4. The third-order valence-electron chi connectivity index (χ3n) is 20.2. The smallest absolute Gasteiger partial charge is 0.0420 e. The molecular formula is C2H6B90. The molecule has 0 rings (SSSR count). The second-order valence-electron chi connectivity index (χ2n) is 26.4. The highest BCUT2D eigenvalue weighted by molar-refractivity contribution is 8.38. The van der Waals surface area contributed by atoms with Gasteiger partial charge in [-0.15, -0.1) is 13.6 Å². The SMILES string of the molecule is [B][B]B([B])B(B(B([B])[B])B([B])[B])B(B(C)B(B(C)B(B(B([B][B])B([B])[B])B(B([B])[B])B([B])[B])B(B(B([B])[B])B([B])[B])B(B([B])[B])B([B])[B])B(B(B([B])B([B])[B])B(B([B])[B])B([B])[B])B(B(B([B])[B])B([B])[B])B(B([B])[B])B([B])[B])B(B(B([B])[B])B([B])[B])B(B([B])[B])B([B])[B]. The van der Waals surface area contributed by atoms with Gasteiger partial charge in [0.2, 0.25) is 0 Å². The maximum absolute atomic E-state index is 7.54. The van der Waals surface area contributed by atoms with Gasteiger partial charge < -0.3 is 0 Å². The molecule has 92 heavy (non-hydrogen) atoms. The lowest BCUT2D eigenvalue weighted by Crippen LogP contribution is -2.96. The van der Waals surface area contributed by atoms with Crippen LogP contribution in [-0.2, 0) is 0 Å². The van der Waals surface area contributed by atoms with Gasteiger partial charge in [-0.2, -0.15) is 0 Å². The molecule has 0 aromatic rings. The van der Waals surface area contributed by atoms with Gasteiger partial charge in [0.1, 0.15) is 0 Å². The molecule has 0 fully saturated rings. The minimum Gasteiger partial charge on any atom is -0.101 e. The Morgan fingerprint density at radius 3 is 0.511 bits per heavy atom. The van der Waals surface area contributed by atoms with Crippen molar-refractivity contribution in [3.63, 3.8) is 0 Å². The zero-order valence-electron chi connectivity index (χ0n) is 54.0. The first-order chi connectivity index (χ1) is 42.0. The zero-order chi connectivity index (χ0) is 72.8. The van der Waals surface area contributed by atoms with Crippen molar-refractivity contribution in [2.45, 2.75) is 13.6 Å². The minimum absolute atomic E-state index is 1.11. The highest BCUT2D eigenvalue weighted by Gasteiger charge is 2.65. The summed E-state index contributed by atoms with van der Waals surface area (Å²) in [4.78, 5) is 0. The predicted molar refractivity (Wildman–Crippen MR) is 530 cm³/mol. The third kappa shape index (κ3) is 26.1. The normalized spacial score (nSPS) is 9.80. The summed E-state index contributed by atoms with van der Waals surface area (Å²) in [6, 6.07) is 0. The van der Waals surface area contributed by atoms with Crippen molar-refractivity contribution >= 4 is 636 Å². The minimum atomic E-state index is -1.66. The molecule has 0 heterocycles. The van der Waals surface area contributed by atoms with Crippen LogP contribution in [0.15, 0.2) is 0 Å². The molecule has 0 bridgehead atoms. The van der Waals surface area contributed by atoms with Gasteiger partial charge in [-0.3, -0.25) is 0 Å². The van der Waals surface area contributed by atoms with Crippen LogP contribution in [0.25, 0.3) is 0 Å². The summed E-state index contributed by atoms with van der Waals surface area (Å²) in [6.07, 6.45) is -64.2. The van der Waals surface area contributed by atoms with Crippen molar-refractivity contribution in [1.29, 1.82) is 0 Å². The summed E-state index contributed by atoms with van der Waals surface area (Å²) in [5, 5.41) is 0. The average molecular weight is 1000 g/mol. The van der Waals surface area contributed by atoms with E-state index in [9.17, 15) is 0 Å². The maximum atomic E-state index is 7.54. The van der Waals surface area contributed by atoms with E-state index < -0.39 is 281 Å². The molecule has 0 atom stereocenters. The summed E-state index contributed by atoms with van der Waals surface area (Å²) in [5.74, 6) is 0. The van der Waals surface area contributed by atoms with Crippen molar-refractivity contribution in [3.8, 4) is 0 Å². The largest absolute Gasteiger partial charge is 0.101 e. The Balaban J connectivity index is 12.8. The Labute approximate surface area is 642 Å². The second kappa shape index (κ2) is 45.5. The molecule has 90 radical (unpaired) electrons. The lowest BCUT2D eigenvalue weighted by Gasteiger charge is -2.58. The molecule has 0 saturated heterocycles. The van der Waals surface area contributed by atoms with E-state index >= 15 is 0 Å². The van der Waals surface area contributed by atoms with Crippen molar-refractivity contribution in [1.82, 2.24) is 0 Å². The van der Waals surface area contributed by atoms with Crippen molar-refractivity contribution in [2.75, 3.05) is 0 Å². The first kappa shape index (κ1) is 97.8. The molecular weight excluding hydrogens is 997 g/mol. The van der Waals surface area contributed by atoms with Crippen LogP contribution >= 0.6 is 0 Å². The van der Waals surface area contributed by atoms with Gasteiger partial charge in [0.05, 0.1) is 0 Å². The van der Waals surface area contributed by atoms with Crippen LogP contribution in [0.4, 0.5) is 0 Å². The fraction of sp³-hybridized carbons (Fsp3) is 1.00. The molecule has 0 aromatic heterocycles. The van der Waals surface area contributed by atoms with Crippen LogP contribution in [0.3, 0.4) is 0 Å². The first-order valence-electron chi connectivity index (χ1n) is 30.8. The Bertz CT molecular complexity index is 1740. The quantitative estimate of drug-likeness (QED) is 0.0534. The van der Waals surface area contributed by atoms with Gasteiger partial charge in [0, 0.05) is 636 Å². The fourth-order valence-electron chi connectivity index (χ4n) is 16.8. The maximum Gasteiger partial charge on any atom is 0.0420 e. The Morgan fingerprint density at radius 2 is 0.326 bits per heavy atom. The number of rotatable bonds is 45. The van der Waals surface area contributed by atoms with Crippen LogP contribution in [0.2, 0.25) is 13.6 Å². The van der Waals surface area contributed by atoms with Gasteiger partial charge in [0.15, 0.2) is 0 Å². The topological polar surface area (TPSA) is 0 Å². The van der Waals surface area contributed by atoms with Gasteiger partial charge >= 0.3 is 0 Å². The first-order valence-corrected chi connectivity index (χ1v) is 30.8. The predicted octanol–water partition coefficient (Wildman–Crippen LogP) is -33.1. The van der Waals surface area contributed by atoms with Gasteiger partial charge in [0.25, 0.3) is 0 Å². The van der Waals surface area contributed by atoms with Crippen molar-refractivity contribution in [3.05, 3.63) is 0 Å². The highest BCUT2D eigenvalue weighted by atomic mass is 13.5. The summed E-state index contributed by atoms with van der Waals surface area (Å²) < 4.78 is 0. The molecule has 0 nitrogen and oxygen atoms in total. The number of hydrogen-bond acceptors (Lipinski definition) is 0. The van der Waals surface area contributed by atoms with E-state index in [4.69, 9.17) is 340 Å². The lowest BCUT2D eigenvalue weighted by molar-refractivity contribution is 2.29. The van der Waals surface area contributed by atoms with Crippen LogP contribution in [0.5, 0.6) is 0 Å². The van der Waals surface area contributed by atoms with Crippen LogP contribution in [0, 0.1) is 0 Å². The Hall–Kier alpha value is 5.84. The molecule has 284 valence electrons. The number of hydrogen-bond donors (Lipinski definition) is 0.